The van der Waals surface area contributed by atoms with Gasteiger partial charge in [-0.25, -0.2) is 0 Å². The molecule has 0 aromatic carbocycles. The fourth-order valence-corrected chi connectivity index (χ4v) is 1.66. The van der Waals surface area contributed by atoms with Crippen molar-refractivity contribution in [3.63, 3.8) is 0 Å². The SMILES string of the molecule is CN(CC(=O)c1ccc[nH]1)Cc1ccccn1. The molecular weight excluding hydrogens is 214 g/mol. The number of ketones is 1. The minimum atomic E-state index is 0.0911. The first-order valence-corrected chi connectivity index (χ1v) is 5.51. The molecule has 0 radical (unpaired) electrons. The molecule has 0 aliphatic carbocycles. The van der Waals surface area contributed by atoms with Crippen LogP contribution in [0.25, 0.3) is 0 Å². The Kier molecular flexibility index (Phi) is 3.67. The number of carbonyl (C=O) groups excluding carboxylic acids is 1. The number of aromatic amines is 1. The van der Waals surface area contributed by atoms with Gasteiger partial charge in [-0.2, -0.15) is 0 Å². The topological polar surface area (TPSA) is 49.0 Å². The van der Waals surface area contributed by atoms with Crippen LogP contribution in [0.4, 0.5) is 0 Å². The molecule has 0 fully saturated rings. The van der Waals surface area contributed by atoms with Crippen LogP contribution in [-0.2, 0) is 6.54 Å². The Bertz CT molecular complexity index is 465. The summed E-state index contributed by atoms with van der Waals surface area (Å²) in [5.74, 6) is 0.0911. The molecular formula is C13H15N3O. The molecule has 4 nitrogen and oxygen atoms in total. The van der Waals surface area contributed by atoms with Crippen molar-refractivity contribution in [1.29, 1.82) is 0 Å². The predicted octanol–water partition coefficient (Wildman–Crippen LogP) is 1.72. The highest BCUT2D eigenvalue weighted by molar-refractivity contribution is 5.95. The molecule has 1 N–H and O–H groups in total. The van der Waals surface area contributed by atoms with Gasteiger partial charge in [0.1, 0.15) is 0 Å². The summed E-state index contributed by atoms with van der Waals surface area (Å²) in [5, 5.41) is 0. The molecule has 17 heavy (non-hydrogen) atoms. The van der Waals surface area contributed by atoms with Crippen molar-refractivity contribution < 1.29 is 4.79 Å². The zero-order chi connectivity index (χ0) is 12.1. The summed E-state index contributed by atoms with van der Waals surface area (Å²) in [4.78, 5) is 20.9. The second-order valence-electron chi connectivity index (χ2n) is 4.00. The van der Waals surface area contributed by atoms with Gasteiger partial charge in [0.2, 0.25) is 0 Å². The van der Waals surface area contributed by atoms with E-state index in [0.717, 1.165) is 5.69 Å². The molecule has 0 aliphatic rings. The first kappa shape index (κ1) is 11.5. The maximum absolute atomic E-state index is 11.8. The van der Waals surface area contributed by atoms with Gasteiger partial charge in [-0.3, -0.25) is 14.7 Å². The number of likely N-dealkylation sites (N-methyl/N-ethyl adjacent to an activating group) is 1. The normalized spacial score (nSPS) is 10.7. The number of pyridine rings is 1. The molecule has 0 bridgehead atoms. The van der Waals surface area contributed by atoms with Gasteiger partial charge in [-0.05, 0) is 31.3 Å². The third-order valence-electron chi connectivity index (χ3n) is 2.47. The van der Waals surface area contributed by atoms with E-state index in [1.807, 2.05) is 36.2 Å². The summed E-state index contributed by atoms with van der Waals surface area (Å²) in [7, 11) is 1.91. The van der Waals surface area contributed by atoms with Crippen molar-refractivity contribution >= 4 is 5.78 Å². The van der Waals surface area contributed by atoms with E-state index in [0.29, 0.717) is 18.8 Å². The van der Waals surface area contributed by atoms with Crippen LogP contribution in [0.5, 0.6) is 0 Å². The number of H-pyrrole nitrogens is 1. The highest BCUT2D eigenvalue weighted by Crippen LogP contribution is 2.02. The summed E-state index contributed by atoms with van der Waals surface area (Å²) in [5.41, 5.74) is 1.62. The van der Waals surface area contributed by atoms with Gasteiger partial charge >= 0.3 is 0 Å². The molecule has 0 atom stereocenters. The van der Waals surface area contributed by atoms with E-state index in [1.54, 1.807) is 18.5 Å². The largest absolute Gasteiger partial charge is 0.359 e. The number of hydrogen-bond acceptors (Lipinski definition) is 3. The Balaban J connectivity index is 1.90. The lowest BCUT2D eigenvalue weighted by Gasteiger charge is -2.14. The van der Waals surface area contributed by atoms with Crippen molar-refractivity contribution in [3.8, 4) is 0 Å². The molecule has 0 amide bonds. The Morgan fingerprint density at radius 1 is 1.35 bits per heavy atom. The van der Waals surface area contributed by atoms with Crippen LogP contribution < -0.4 is 0 Å². The van der Waals surface area contributed by atoms with Crippen LogP contribution in [0.2, 0.25) is 0 Å². The second kappa shape index (κ2) is 5.41. The summed E-state index contributed by atoms with van der Waals surface area (Å²) in [6, 6.07) is 9.40. The van der Waals surface area contributed by atoms with Gasteiger partial charge in [0.25, 0.3) is 0 Å². The number of rotatable bonds is 5. The number of hydrogen-bond donors (Lipinski definition) is 1. The van der Waals surface area contributed by atoms with Crippen LogP contribution in [-0.4, -0.2) is 34.2 Å². The molecule has 0 unspecified atom stereocenters. The minimum Gasteiger partial charge on any atom is -0.359 e. The number of nitrogens with one attached hydrogen (secondary N) is 1. The molecule has 2 aromatic heterocycles. The lowest BCUT2D eigenvalue weighted by Crippen LogP contribution is -2.26. The second-order valence-corrected chi connectivity index (χ2v) is 4.00. The summed E-state index contributed by atoms with van der Waals surface area (Å²) < 4.78 is 0. The van der Waals surface area contributed by atoms with Crippen LogP contribution in [0.15, 0.2) is 42.7 Å². The number of Topliss-reactive ketones (excluding diaryl/α,β-unsaturated/α-hetero) is 1. The first-order valence-electron chi connectivity index (χ1n) is 5.51. The number of aromatic nitrogens is 2. The number of nitrogens with zero attached hydrogens (tertiary/aromatic N) is 2. The third-order valence-corrected chi connectivity index (χ3v) is 2.47. The van der Waals surface area contributed by atoms with Gasteiger partial charge in [0, 0.05) is 18.9 Å². The van der Waals surface area contributed by atoms with Gasteiger partial charge in [-0.15, -0.1) is 0 Å². The van der Waals surface area contributed by atoms with Crippen LogP contribution in [0.3, 0.4) is 0 Å². The van der Waals surface area contributed by atoms with Crippen molar-refractivity contribution in [1.82, 2.24) is 14.9 Å². The van der Waals surface area contributed by atoms with Gasteiger partial charge in [-0.1, -0.05) is 6.07 Å². The predicted molar refractivity (Wildman–Crippen MR) is 65.7 cm³/mol. The van der Waals surface area contributed by atoms with Crippen molar-refractivity contribution in [2.75, 3.05) is 13.6 Å². The smallest absolute Gasteiger partial charge is 0.192 e. The van der Waals surface area contributed by atoms with Gasteiger partial charge in [0.05, 0.1) is 17.9 Å². The van der Waals surface area contributed by atoms with E-state index in [1.165, 1.54) is 0 Å². The molecule has 4 heteroatoms. The molecule has 2 aromatic rings. The van der Waals surface area contributed by atoms with Gasteiger partial charge in [0.15, 0.2) is 5.78 Å². The number of carbonyl (C=O) groups is 1. The standard InChI is InChI=1S/C13H15N3O/c1-16(9-11-5-2-3-7-14-11)10-13(17)12-6-4-8-15-12/h2-8,15H,9-10H2,1H3. The highest BCUT2D eigenvalue weighted by Gasteiger charge is 2.10. The summed E-state index contributed by atoms with van der Waals surface area (Å²) in [6.07, 6.45) is 3.52. The Labute approximate surface area is 100 Å². The third kappa shape index (κ3) is 3.26. The zero-order valence-corrected chi connectivity index (χ0v) is 9.76. The molecule has 2 rings (SSSR count). The fourth-order valence-electron chi connectivity index (χ4n) is 1.66. The first-order chi connectivity index (χ1) is 8.25. The monoisotopic (exact) mass is 229 g/mol. The molecule has 2 heterocycles. The van der Waals surface area contributed by atoms with E-state index in [-0.39, 0.29) is 5.78 Å². The van der Waals surface area contributed by atoms with E-state index < -0.39 is 0 Å². The zero-order valence-electron chi connectivity index (χ0n) is 9.76. The maximum atomic E-state index is 11.8. The average Bonchev–Trinajstić information content (AvgIpc) is 2.83. The van der Waals surface area contributed by atoms with E-state index in [4.69, 9.17) is 0 Å². The Morgan fingerprint density at radius 2 is 2.24 bits per heavy atom. The molecule has 0 saturated carbocycles. The maximum Gasteiger partial charge on any atom is 0.192 e. The van der Waals surface area contributed by atoms with E-state index in [9.17, 15) is 4.79 Å². The van der Waals surface area contributed by atoms with Crippen molar-refractivity contribution in [2.45, 2.75) is 6.54 Å². The average molecular weight is 229 g/mol. The van der Waals surface area contributed by atoms with Crippen LogP contribution in [0, 0.1) is 0 Å². The van der Waals surface area contributed by atoms with E-state index in [2.05, 4.69) is 9.97 Å². The van der Waals surface area contributed by atoms with Crippen molar-refractivity contribution in [2.24, 2.45) is 0 Å². The van der Waals surface area contributed by atoms with E-state index >= 15 is 0 Å². The fraction of sp³-hybridized carbons (Fsp3) is 0.231. The Hall–Kier alpha value is -1.94. The quantitative estimate of drug-likeness (QED) is 0.794. The minimum absolute atomic E-state index is 0.0911. The summed E-state index contributed by atoms with van der Waals surface area (Å²) in [6.45, 7) is 1.06. The summed E-state index contributed by atoms with van der Waals surface area (Å²) >= 11 is 0. The Morgan fingerprint density at radius 3 is 2.88 bits per heavy atom. The van der Waals surface area contributed by atoms with Crippen LogP contribution in [0.1, 0.15) is 16.2 Å². The highest BCUT2D eigenvalue weighted by atomic mass is 16.1. The molecule has 0 saturated heterocycles. The van der Waals surface area contributed by atoms with Crippen LogP contribution >= 0.6 is 0 Å². The van der Waals surface area contributed by atoms with Crippen molar-refractivity contribution in [3.05, 3.63) is 54.1 Å². The lowest BCUT2D eigenvalue weighted by atomic mass is 10.2. The molecule has 0 aliphatic heterocycles. The van der Waals surface area contributed by atoms with Gasteiger partial charge < -0.3 is 4.98 Å². The lowest BCUT2D eigenvalue weighted by molar-refractivity contribution is 0.0938. The molecule has 0 spiro atoms. The molecule has 88 valence electrons.